The van der Waals surface area contributed by atoms with Crippen LogP contribution in [0.1, 0.15) is 33.4 Å². The van der Waals surface area contributed by atoms with Crippen LogP contribution in [-0.2, 0) is 0 Å². The van der Waals surface area contributed by atoms with Crippen molar-refractivity contribution in [3.8, 4) is 11.1 Å². The lowest BCUT2D eigenvalue weighted by atomic mass is 9.86. The fourth-order valence-electron chi connectivity index (χ4n) is 12.3. The molecule has 2 heteroatoms. The Balaban J connectivity index is 1.28. The zero-order chi connectivity index (χ0) is 49.1. The lowest BCUT2D eigenvalue weighted by Crippen LogP contribution is -2.75. The molecule has 72 heavy (non-hydrogen) atoms. The second-order valence-electron chi connectivity index (χ2n) is 20.4. The van der Waals surface area contributed by atoms with Gasteiger partial charge in [-0.3, -0.25) is 0 Å². The van der Waals surface area contributed by atoms with Gasteiger partial charge < -0.3 is 0 Å². The molecule has 0 bridgehead atoms. The Hall–Kier alpha value is -7.89. The maximum absolute atomic E-state index is 3.08. The Morgan fingerprint density at radius 1 is 0.181 bits per heavy atom. The topological polar surface area (TPSA) is 0 Å². The summed E-state index contributed by atoms with van der Waals surface area (Å²) >= 11 is 0. The van der Waals surface area contributed by atoms with Gasteiger partial charge in [0.25, 0.3) is 0 Å². The summed E-state index contributed by atoms with van der Waals surface area (Å²) in [6, 6.07) is 94.7. The van der Waals surface area contributed by atoms with Crippen LogP contribution in [0.4, 0.5) is 0 Å². The van der Waals surface area contributed by atoms with Crippen molar-refractivity contribution in [3.63, 3.8) is 0 Å². The molecule has 0 aliphatic rings. The normalized spacial score (nSPS) is 12.0. The molecule has 0 aromatic heterocycles. The number of hydrogen-bond acceptors (Lipinski definition) is 0. The number of rotatable bonds is 9. The lowest BCUT2D eigenvalue weighted by molar-refractivity contribution is 1.47. The predicted octanol–water partition coefficient (Wildman–Crippen LogP) is 12.6. The first-order chi connectivity index (χ1) is 35.2. The van der Waals surface area contributed by atoms with Gasteiger partial charge in [0.05, 0.1) is 0 Å². The molecule has 0 saturated heterocycles. The van der Waals surface area contributed by atoms with Gasteiger partial charge in [-0.05, 0) is 137 Å². The molecule has 0 fully saturated rings. The maximum Gasteiger partial charge on any atom is 0.180 e. The molecule has 0 unspecified atom stereocenters. The minimum atomic E-state index is -3.08. The number of aryl methyl sites for hydroxylation is 6. The highest BCUT2D eigenvalue weighted by molar-refractivity contribution is 7.22. The third kappa shape index (κ3) is 7.15. The molecule has 0 spiro atoms. The van der Waals surface area contributed by atoms with Gasteiger partial charge in [-0.1, -0.05) is 276 Å². The van der Waals surface area contributed by atoms with Crippen molar-refractivity contribution in [2.75, 3.05) is 0 Å². The van der Waals surface area contributed by atoms with E-state index in [0.717, 1.165) is 0 Å². The van der Waals surface area contributed by atoms with Gasteiger partial charge in [-0.15, -0.1) is 0 Å². The van der Waals surface area contributed by atoms with E-state index in [0.29, 0.717) is 0 Å². The molecule has 0 aliphatic heterocycles. The molecule has 12 aromatic carbocycles. The van der Waals surface area contributed by atoms with E-state index in [1.54, 1.807) is 0 Å². The number of benzene rings is 12. The molecule has 12 rings (SSSR count). The molecule has 0 nitrogen and oxygen atoms in total. The van der Waals surface area contributed by atoms with E-state index in [1.807, 2.05) is 0 Å². The van der Waals surface area contributed by atoms with Crippen LogP contribution in [0.25, 0.3) is 54.2 Å². The van der Waals surface area contributed by atoms with E-state index in [4.69, 9.17) is 0 Å². The minimum Gasteiger partial charge on any atom is -0.0616 e. The third-order valence-corrected chi connectivity index (χ3v) is 25.5. The van der Waals surface area contributed by atoms with Crippen molar-refractivity contribution in [2.24, 2.45) is 0 Å². The van der Waals surface area contributed by atoms with Crippen molar-refractivity contribution >= 4 is 101 Å². The van der Waals surface area contributed by atoms with Crippen molar-refractivity contribution in [1.82, 2.24) is 0 Å². The van der Waals surface area contributed by atoms with Crippen LogP contribution in [0, 0.1) is 41.5 Å². The van der Waals surface area contributed by atoms with Crippen molar-refractivity contribution in [3.05, 3.63) is 276 Å². The minimum absolute atomic E-state index is 1.26. The zero-order valence-corrected chi connectivity index (χ0v) is 44.1. The lowest BCUT2D eigenvalue weighted by Gasteiger charge is -2.38. The molecule has 0 radical (unpaired) electrons. The van der Waals surface area contributed by atoms with Crippen LogP contribution >= 0.6 is 0 Å². The fraction of sp³-hybridized carbons (Fsp3) is 0.0857. The van der Waals surface area contributed by atoms with E-state index >= 15 is 0 Å². The van der Waals surface area contributed by atoms with Gasteiger partial charge in [-0.2, -0.15) is 0 Å². The first kappa shape index (κ1) is 45.3. The molecular formula is C70H58Si2. The molecule has 12 aromatic rings. The van der Waals surface area contributed by atoms with Crippen LogP contribution in [0.15, 0.2) is 243 Å². The molecule has 0 amide bonds. The summed E-state index contributed by atoms with van der Waals surface area (Å²) in [5.41, 5.74) is 10.2. The summed E-state index contributed by atoms with van der Waals surface area (Å²) in [7, 11) is -6.16. The molecule has 0 aliphatic carbocycles. The first-order valence-electron chi connectivity index (χ1n) is 25.5. The monoisotopic (exact) mass is 954 g/mol. The van der Waals surface area contributed by atoms with E-state index < -0.39 is 16.1 Å². The zero-order valence-electron chi connectivity index (χ0n) is 42.1. The molecule has 0 saturated carbocycles. The van der Waals surface area contributed by atoms with Crippen LogP contribution in [-0.4, -0.2) is 16.1 Å². The highest BCUT2D eigenvalue weighted by Gasteiger charge is 2.46. The average Bonchev–Trinajstić information content (AvgIpc) is 3.42. The summed E-state index contributed by atoms with van der Waals surface area (Å²) in [6.45, 7) is 13.2. The second kappa shape index (κ2) is 18.1. The largest absolute Gasteiger partial charge is 0.180 e. The number of fused-ring (bicyclic) bond motifs is 4. The molecular weight excluding hydrogens is 897 g/mol. The van der Waals surface area contributed by atoms with Gasteiger partial charge in [0.15, 0.2) is 16.1 Å². The summed E-state index contributed by atoms with van der Waals surface area (Å²) in [5.74, 6) is 0. The van der Waals surface area contributed by atoms with Gasteiger partial charge in [0.2, 0.25) is 0 Å². The average molecular weight is 955 g/mol. The standard InChI is InChI=1S/C70H58Si2/c1-47-23-35-53(36-24-47)71(54-37-25-48(2)26-38-54,55-39-27-49(3)28-40-55)69-63-19-11-7-15-59(63)67(60-16-8-12-20-64(60)69)68-61-17-9-13-21-65(61)70(66-22-14-10-18-62(66)68)72(56-41-29-50(4)30-42-56,57-43-31-51(5)32-44-57)58-45-33-52(6)34-46-58/h7-46H,1-6H3. The van der Waals surface area contributed by atoms with Crippen molar-refractivity contribution < 1.29 is 0 Å². The molecule has 0 heterocycles. The molecule has 346 valence electrons. The van der Waals surface area contributed by atoms with Gasteiger partial charge in [0.1, 0.15) is 0 Å². The second-order valence-corrected chi connectivity index (χ2v) is 27.8. The first-order valence-corrected chi connectivity index (χ1v) is 29.5. The Morgan fingerprint density at radius 2 is 0.333 bits per heavy atom. The summed E-state index contributed by atoms with van der Waals surface area (Å²) in [6.07, 6.45) is 0. The summed E-state index contributed by atoms with van der Waals surface area (Å²) in [5, 5.41) is 21.5. The van der Waals surface area contributed by atoms with Crippen LogP contribution in [0.3, 0.4) is 0 Å². The fourth-order valence-corrected chi connectivity index (χ4v) is 22.5. The highest BCUT2D eigenvalue weighted by Crippen LogP contribution is 2.44. The highest BCUT2D eigenvalue weighted by atomic mass is 28.3. The van der Waals surface area contributed by atoms with Gasteiger partial charge >= 0.3 is 0 Å². The summed E-state index contributed by atoms with van der Waals surface area (Å²) in [4.78, 5) is 0. The SMILES string of the molecule is Cc1ccc([Si](c2ccc(C)cc2)(c2ccc(C)cc2)c2c3ccccc3c(-c3c4ccccc4c([Si](c4ccc(C)cc4)(c4ccc(C)cc4)c4ccc(C)cc4)c4ccccc34)c3ccccc23)cc1. The Bertz CT molecular complexity index is 3380. The smallest absolute Gasteiger partial charge is 0.0616 e. The third-order valence-electron chi connectivity index (χ3n) is 15.8. The maximum atomic E-state index is 2.44. The van der Waals surface area contributed by atoms with Crippen LogP contribution < -0.4 is 41.5 Å². The molecule has 0 N–H and O–H groups in total. The van der Waals surface area contributed by atoms with Crippen molar-refractivity contribution in [2.45, 2.75) is 41.5 Å². The van der Waals surface area contributed by atoms with E-state index in [9.17, 15) is 0 Å². The van der Waals surface area contributed by atoms with E-state index in [2.05, 4.69) is 284 Å². The van der Waals surface area contributed by atoms with Gasteiger partial charge in [0, 0.05) is 0 Å². The Morgan fingerprint density at radius 3 is 0.500 bits per heavy atom. The Labute approximate surface area is 427 Å². The van der Waals surface area contributed by atoms with E-state index in [1.165, 1.54) is 129 Å². The predicted molar refractivity (Wildman–Crippen MR) is 318 cm³/mol. The quantitative estimate of drug-likeness (QED) is 0.0768. The Kier molecular flexibility index (Phi) is 11.4. The summed E-state index contributed by atoms with van der Waals surface area (Å²) < 4.78 is 0. The van der Waals surface area contributed by atoms with Crippen LogP contribution in [0.5, 0.6) is 0 Å². The van der Waals surface area contributed by atoms with Gasteiger partial charge in [-0.25, -0.2) is 0 Å². The van der Waals surface area contributed by atoms with Crippen LogP contribution in [0.2, 0.25) is 0 Å². The van der Waals surface area contributed by atoms with Crippen molar-refractivity contribution in [1.29, 1.82) is 0 Å². The van der Waals surface area contributed by atoms with E-state index in [-0.39, 0.29) is 0 Å². The number of hydrogen-bond donors (Lipinski definition) is 0. The molecule has 0 atom stereocenters.